The Kier molecular flexibility index (Phi) is 5.76. The van der Waals surface area contributed by atoms with Crippen molar-refractivity contribution in [2.75, 3.05) is 5.75 Å². The van der Waals surface area contributed by atoms with Crippen LogP contribution in [0.1, 0.15) is 30.5 Å². The molecule has 21 heavy (non-hydrogen) atoms. The first kappa shape index (κ1) is 16.0. The monoisotopic (exact) mass is 321 g/mol. The zero-order chi connectivity index (χ0) is 15.2. The summed E-state index contributed by atoms with van der Waals surface area (Å²) in [4.78, 5) is 12.1. The highest BCUT2D eigenvalue weighted by molar-refractivity contribution is 8.01. The second kappa shape index (κ2) is 7.56. The first-order valence-corrected chi connectivity index (χ1v) is 8.63. The quantitative estimate of drug-likeness (QED) is 0.828. The largest absolute Gasteiger partial charge is 0.348 e. The van der Waals surface area contributed by atoms with Gasteiger partial charge in [-0.1, -0.05) is 67.3 Å². The average Bonchev–Trinajstić information content (AvgIpc) is 2.89. The Bertz CT molecular complexity index is 584. The molecule has 0 spiro atoms. The van der Waals surface area contributed by atoms with E-state index in [-0.39, 0.29) is 11.9 Å². The number of carbonyl (C=O) groups excluding carboxylic acids is 1. The predicted molar refractivity (Wildman–Crippen MR) is 87.5 cm³/mol. The number of nitrogens with zero attached hydrogens (tertiary/aromatic N) is 2. The number of hydrogen-bond donors (Lipinski definition) is 1. The maximum atomic E-state index is 12.1. The minimum atomic E-state index is 0.0235. The van der Waals surface area contributed by atoms with Crippen molar-refractivity contribution in [3.63, 3.8) is 0 Å². The summed E-state index contributed by atoms with van der Waals surface area (Å²) in [5, 5.41) is 12.0. The van der Waals surface area contributed by atoms with Crippen molar-refractivity contribution >= 4 is 29.0 Å². The number of nitrogens with one attached hydrogen (secondary N) is 1. The van der Waals surface area contributed by atoms with Gasteiger partial charge in [-0.3, -0.25) is 4.79 Å². The molecule has 1 heterocycles. The molecule has 1 N–H and O–H groups in total. The normalized spacial score (nSPS) is 12.4. The molecule has 1 atom stereocenters. The van der Waals surface area contributed by atoms with Crippen LogP contribution >= 0.6 is 23.1 Å². The van der Waals surface area contributed by atoms with Gasteiger partial charge >= 0.3 is 0 Å². The van der Waals surface area contributed by atoms with E-state index >= 15 is 0 Å². The molecule has 0 bridgehead atoms. The van der Waals surface area contributed by atoms with Crippen LogP contribution in [-0.4, -0.2) is 21.9 Å². The fourth-order valence-corrected chi connectivity index (χ4v) is 3.60. The van der Waals surface area contributed by atoms with Crippen LogP contribution in [0.3, 0.4) is 0 Å². The number of rotatable bonds is 6. The molecule has 1 aromatic carbocycles. The lowest BCUT2D eigenvalue weighted by Crippen LogP contribution is -2.32. The van der Waals surface area contributed by atoms with Crippen LogP contribution in [0.15, 0.2) is 34.7 Å². The standard InChI is InChI=1S/C15H19N3OS2/c1-10(2)14(12-7-5-4-6-8-12)16-13(19)9-20-15-18-17-11(3)21-15/h4-8,10,14H,9H2,1-3H3,(H,16,19). The third kappa shape index (κ3) is 4.82. The Morgan fingerprint density at radius 1 is 1.29 bits per heavy atom. The highest BCUT2D eigenvalue weighted by Gasteiger charge is 2.18. The Hall–Kier alpha value is -1.40. The van der Waals surface area contributed by atoms with E-state index in [1.807, 2.05) is 37.3 Å². The molecule has 1 amide bonds. The highest BCUT2D eigenvalue weighted by atomic mass is 32.2. The van der Waals surface area contributed by atoms with Gasteiger partial charge in [0.05, 0.1) is 11.8 Å². The second-order valence-corrected chi connectivity index (χ2v) is 7.48. The smallest absolute Gasteiger partial charge is 0.230 e. The van der Waals surface area contributed by atoms with Crippen LogP contribution in [0.5, 0.6) is 0 Å². The predicted octanol–water partition coefficient (Wildman–Crippen LogP) is 3.45. The summed E-state index contributed by atoms with van der Waals surface area (Å²) in [6.07, 6.45) is 0. The molecule has 2 rings (SSSR count). The third-order valence-corrected chi connectivity index (χ3v) is 4.95. The van der Waals surface area contributed by atoms with Gasteiger partial charge in [0.2, 0.25) is 5.91 Å². The Labute approximate surface area is 133 Å². The molecule has 6 heteroatoms. The molecule has 4 nitrogen and oxygen atoms in total. The molecule has 0 aliphatic heterocycles. The van der Waals surface area contributed by atoms with Gasteiger partial charge in [-0.2, -0.15) is 0 Å². The number of thioether (sulfide) groups is 1. The van der Waals surface area contributed by atoms with Crippen LogP contribution in [0.2, 0.25) is 0 Å². The summed E-state index contributed by atoms with van der Waals surface area (Å²) in [6.45, 7) is 6.13. The number of carbonyl (C=O) groups is 1. The molecule has 0 radical (unpaired) electrons. The van der Waals surface area contributed by atoms with Crippen molar-refractivity contribution in [3.05, 3.63) is 40.9 Å². The van der Waals surface area contributed by atoms with Gasteiger partial charge < -0.3 is 5.32 Å². The summed E-state index contributed by atoms with van der Waals surface area (Å²) in [7, 11) is 0. The van der Waals surface area contributed by atoms with E-state index in [9.17, 15) is 4.79 Å². The molecule has 0 saturated heterocycles. The summed E-state index contributed by atoms with van der Waals surface area (Å²) in [5.74, 6) is 0.727. The lowest BCUT2D eigenvalue weighted by atomic mass is 9.96. The molecule has 0 saturated carbocycles. The van der Waals surface area contributed by atoms with Crippen molar-refractivity contribution in [1.82, 2.24) is 15.5 Å². The van der Waals surface area contributed by atoms with Gasteiger partial charge in [-0.25, -0.2) is 0 Å². The first-order valence-electron chi connectivity index (χ1n) is 6.83. The molecule has 1 unspecified atom stereocenters. The molecule has 1 aromatic heterocycles. The minimum Gasteiger partial charge on any atom is -0.348 e. The van der Waals surface area contributed by atoms with Crippen molar-refractivity contribution in [2.24, 2.45) is 5.92 Å². The lowest BCUT2D eigenvalue weighted by molar-refractivity contribution is -0.119. The number of aromatic nitrogens is 2. The van der Waals surface area contributed by atoms with Crippen molar-refractivity contribution < 1.29 is 4.79 Å². The highest BCUT2D eigenvalue weighted by Crippen LogP contribution is 2.24. The molecular formula is C15H19N3OS2. The van der Waals surface area contributed by atoms with E-state index < -0.39 is 0 Å². The van der Waals surface area contributed by atoms with Crippen LogP contribution in [0, 0.1) is 12.8 Å². The Morgan fingerprint density at radius 2 is 2.00 bits per heavy atom. The molecule has 112 valence electrons. The summed E-state index contributed by atoms with van der Waals surface area (Å²) in [5.41, 5.74) is 1.14. The fourth-order valence-electron chi connectivity index (χ4n) is 1.97. The molecule has 0 fully saturated rings. The Morgan fingerprint density at radius 3 is 2.57 bits per heavy atom. The van der Waals surface area contributed by atoms with E-state index in [4.69, 9.17) is 0 Å². The zero-order valence-corrected chi connectivity index (χ0v) is 14.0. The minimum absolute atomic E-state index is 0.0235. The SMILES string of the molecule is Cc1nnc(SCC(=O)NC(c2ccccc2)C(C)C)s1. The maximum Gasteiger partial charge on any atom is 0.230 e. The first-order chi connectivity index (χ1) is 10.1. The van der Waals surface area contributed by atoms with E-state index in [1.165, 1.54) is 23.1 Å². The van der Waals surface area contributed by atoms with Gasteiger partial charge in [0, 0.05) is 0 Å². The van der Waals surface area contributed by atoms with Gasteiger partial charge in [-0.15, -0.1) is 10.2 Å². The lowest BCUT2D eigenvalue weighted by Gasteiger charge is -2.22. The molecule has 2 aromatic rings. The summed E-state index contributed by atoms with van der Waals surface area (Å²) in [6, 6.07) is 10.1. The third-order valence-electron chi connectivity index (χ3n) is 2.98. The number of benzene rings is 1. The van der Waals surface area contributed by atoms with E-state index in [2.05, 4.69) is 29.4 Å². The van der Waals surface area contributed by atoms with E-state index in [1.54, 1.807) is 0 Å². The number of hydrogen-bond acceptors (Lipinski definition) is 5. The van der Waals surface area contributed by atoms with E-state index in [0.29, 0.717) is 11.7 Å². The van der Waals surface area contributed by atoms with Crippen molar-refractivity contribution in [2.45, 2.75) is 31.2 Å². The fraction of sp³-hybridized carbons (Fsp3) is 0.400. The molecule has 0 aliphatic carbocycles. The number of amides is 1. The maximum absolute atomic E-state index is 12.1. The van der Waals surface area contributed by atoms with Crippen LogP contribution in [0.4, 0.5) is 0 Å². The zero-order valence-electron chi connectivity index (χ0n) is 12.4. The average molecular weight is 321 g/mol. The van der Waals surface area contributed by atoms with Gasteiger partial charge in [-0.05, 0) is 18.4 Å². The summed E-state index contributed by atoms with van der Waals surface area (Å²) >= 11 is 2.94. The van der Waals surface area contributed by atoms with Gasteiger partial charge in [0.15, 0.2) is 4.34 Å². The van der Waals surface area contributed by atoms with Gasteiger partial charge in [0.25, 0.3) is 0 Å². The van der Waals surface area contributed by atoms with Crippen molar-refractivity contribution in [3.8, 4) is 0 Å². The van der Waals surface area contributed by atoms with Crippen LogP contribution in [-0.2, 0) is 4.79 Å². The van der Waals surface area contributed by atoms with Crippen LogP contribution in [0.25, 0.3) is 0 Å². The van der Waals surface area contributed by atoms with Gasteiger partial charge in [0.1, 0.15) is 5.01 Å². The topological polar surface area (TPSA) is 54.9 Å². The molecule has 0 aliphatic rings. The summed E-state index contributed by atoms with van der Waals surface area (Å²) < 4.78 is 0.837. The Balaban J connectivity index is 1.93. The van der Waals surface area contributed by atoms with Crippen molar-refractivity contribution in [1.29, 1.82) is 0 Å². The molecular weight excluding hydrogens is 302 g/mol. The van der Waals surface area contributed by atoms with Crippen LogP contribution < -0.4 is 5.32 Å². The van der Waals surface area contributed by atoms with E-state index in [0.717, 1.165) is 14.9 Å². The number of aryl methyl sites for hydroxylation is 1. The second-order valence-electron chi connectivity index (χ2n) is 5.08.